The largest absolute Gasteiger partial charge is 0.326 e. The smallest absolute Gasteiger partial charge is 0.177 e. The predicted molar refractivity (Wildman–Crippen MR) is 248 cm³/mol. The van der Waals surface area contributed by atoms with Crippen LogP contribution in [0.25, 0.3) is 88.6 Å². The Morgan fingerprint density at radius 1 is 0.621 bits per heavy atom. The number of allylic oxidation sites excluding steroid dienone is 4. The zero-order valence-corrected chi connectivity index (χ0v) is 33.8. The zero-order valence-electron chi connectivity index (χ0n) is 32.1. The molecular formula is C49H37BN6S2. The molecule has 5 aromatic carbocycles. The summed E-state index contributed by atoms with van der Waals surface area (Å²) in [5.74, 6) is 1.87. The van der Waals surface area contributed by atoms with Crippen LogP contribution in [0.4, 0.5) is 0 Å². The van der Waals surface area contributed by atoms with E-state index in [4.69, 9.17) is 24.9 Å². The standard InChI is InChI=1S/C49H37BN6S2/c1-5-7-23-38-39(29-32(6-2)48-51-40-24-14-15-25-42(40)57-48)31(3)56(44(38)50-4)37-22-16-21-36(28-37)49-52-41-30-35(26-27-43(41)58-49)47-54-45(33-17-10-8-11-18-33)53-46(55-47)34-19-12-9-13-20-34/h5-30,50H,1-2H2,3-4H3/b23-7-,32-29+. The number of rotatable bonds is 11. The number of thiazole rings is 2. The Labute approximate surface area is 346 Å². The summed E-state index contributed by atoms with van der Waals surface area (Å²) < 4.78 is 4.62. The number of nitrogens with zero attached hydrogens (tertiary/aromatic N) is 6. The Morgan fingerprint density at radius 3 is 1.95 bits per heavy atom. The van der Waals surface area contributed by atoms with Gasteiger partial charge in [-0.2, -0.15) is 0 Å². The third kappa shape index (κ3) is 7.06. The molecule has 0 saturated carbocycles. The van der Waals surface area contributed by atoms with Gasteiger partial charge in [0.15, 0.2) is 24.8 Å². The summed E-state index contributed by atoms with van der Waals surface area (Å²) in [4.78, 5) is 24.9. The van der Waals surface area contributed by atoms with Gasteiger partial charge in [0.25, 0.3) is 0 Å². The molecule has 278 valence electrons. The quantitative estimate of drug-likeness (QED) is 0.0965. The molecule has 0 atom stereocenters. The summed E-state index contributed by atoms with van der Waals surface area (Å²) in [6, 6.07) is 43.3. The Morgan fingerprint density at radius 2 is 1.28 bits per heavy atom. The van der Waals surface area contributed by atoms with Crippen LogP contribution in [0.2, 0.25) is 6.82 Å². The van der Waals surface area contributed by atoms with E-state index in [9.17, 15) is 0 Å². The molecule has 0 aliphatic carbocycles. The van der Waals surface area contributed by atoms with Crippen molar-refractivity contribution in [2.24, 2.45) is 0 Å². The van der Waals surface area contributed by atoms with E-state index in [1.807, 2.05) is 85.0 Å². The second-order valence-electron chi connectivity index (χ2n) is 13.7. The first-order chi connectivity index (χ1) is 28.5. The molecule has 0 aliphatic rings. The lowest BCUT2D eigenvalue weighted by atomic mass is 9.75. The van der Waals surface area contributed by atoms with Crippen molar-refractivity contribution in [1.82, 2.24) is 29.5 Å². The van der Waals surface area contributed by atoms with Gasteiger partial charge >= 0.3 is 0 Å². The van der Waals surface area contributed by atoms with E-state index in [0.29, 0.717) is 17.5 Å². The molecule has 9 heteroatoms. The number of para-hydroxylation sites is 1. The maximum Gasteiger partial charge on any atom is 0.177 e. The first kappa shape index (κ1) is 36.8. The van der Waals surface area contributed by atoms with Crippen molar-refractivity contribution in [3.8, 4) is 50.4 Å². The maximum absolute atomic E-state index is 5.18. The first-order valence-corrected chi connectivity index (χ1v) is 20.8. The molecule has 0 aliphatic heterocycles. The predicted octanol–water partition coefficient (Wildman–Crippen LogP) is 11.9. The van der Waals surface area contributed by atoms with Gasteiger partial charge in [-0.25, -0.2) is 24.9 Å². The highest BCUT2D eigenvalue weighted by Gasteiger charge is 2.20. The van der Waals surface area contributed by atoms with Gasteiger partial charge in [0.2, 0.25) is 0 Å². The van der Waals surface area contributed by atoms with E-state index >= 15 is 0 Å². The summed E-state index contributed by atoms with van der Waals surface area (Å²) in [5, 5.41) is 1.89. The van der Waals surface area contributed by atoms with Gasteiger partial charge < -0.3 is 4.57 Å². The fourth-order valence-corrected chi connectivity index (χ4v) is 9.21. The third-order valence-corrected chi connectivity index (χ3v) is 12.3. The lowest BCUT2D eigenvalue weighted by Gasteiger charge is -2.12. The van der Waals surface area contributed by atoms with E-state index in [1.54, 1.807) is 22.7 Å². The average molecular weight is 785 g/mol. The Bertz CT molecular complexity index is 2960. The SMILES string of the molecule is C=C/C=C\c1c(/C=C(\C=C)c2nc3ccccc3s2)c(C)n(-c2cccc(-c3nc4cc(-c5nc(-c6ccccc6)nc(-c6ccccc6)n5)ccc4s3)c2)c1BC. The van der Waals surface area contributed by atoms with Crippen LogP contribution in [0.5, 0.6) is 0 Å². The maximum atomic E-state index is 5.18. The van der Waals surface area contributed by atoms with Crippen molar-refractivity contribution in [2.45, 2.75) is 13.7 Å². The minimum atomic E-state index is 0.607. The molecule has 58 heavy (non-hydrogen) atoms. The minimum Gasteiger partial charge on any atom is -0.326 e. The molecule has 0 N–H and O–H groups in total. The van der Waals surface area contributed by atoms with Gasteiger partial charge in [0.05, 0.1) is 20.4 Å². The summed E-state index contributed by atoms with van der Waals surface area (Å²) >= 11 is 3.36. The molecule has 0 saturated heterocycles. The molecule has 6 nitrogen and oxygen atoms in total. The van der Waals surface area contributed by atoms with E-state index in [1.165, 1.54) is 5.59 Å². The van der Waals surface area contributed by atoms with Gasteiger partial charge in [0.1, 0.15) is 10.0 Å². The molecule has 0 fully saturated rings. The van der Waals surface area contributed by atoms with Crippen LogP contribution in [-0.4, -0.2) is 36.8 Å². The van der Waals surface area contributed by atoms with Crippen LogP contribution in [0.1, 0.15) is 21.8 Å². The Hall–Kier alpha value is -6.81. The highest BCUT2D eigenvalue weighted by molar-refractivity contribution is 7.21. The molecule has 0 unspecified atom stereocenters. The van der Waals surface area contributed by atoms with Gasteiger partial charge in [-0.3, -0.25) is 0 Å². The molecule has 9 aromatic rings. The van der Waals surface area contributed by atoms with E-state index in [0.717, 1.165) is 88.1 Å². The summed E-state index contributed by atoms with van der Waals surface area (Å²) in [6.45, 7) is 12.6. The normalized spacial score (nSPS) is 11.8. The van der Waals surface area contributed by atoms with Crippen LogP contribution in [0.15, 0.2) is 159 Å². The summed E-state index contributed by atoms with van der Waals surface area (Å²) in [5.41, 5.74) is 12.4. The fraction of sp³-hybridized carbons (Fsp3) is 0.0408. The van der Waals surface area contributed by atoms with Crippen LogP contribution in [0, 0.1) is 6.92 Å². The summed E-state index contributed by atoms with van der Waals surface area (Å²) in [6.07, 6.45) is 10.1. The molecule has 4 heterocycles. The number of hydrogen-bond acceptors (Lipinski definition) is 7. The van der Waals surface area contributed by atoms with Crippen LogP contribution >= 0.6 is 22.7 Å². The Kier molecular flexibility index (Phi) is 10.1. The van der Waals surface area contributed by atoms with Crippen molar-refractivity contribution in [3.63, 3.8) is 0 Å². The van der Waals surface area contributed by atoms with E-state index < -0.39 is 0 Å². The number of benzene rings is 5. The molecule has 0 bridgehead atoms. The monoisotopic (exact) mass is 784 g/mol. The molecular weight excluding hydrogens is 748 g/mol. The highest BCUT2D eigenvalue weighted by Crippen LogP contribution is 2.36. The lowest BCUT2D eigenvalue weighted by molar-refractivity contribution is 1.04. The summed E-state index contributed by atoms with van der Waals surface area (Å²) in [7, 11) is 0.833. The van der Waals surface area contributed by atoms with Crippen molar-refractivity contribution in [2.75, 3.05) is 0 Å². The molecule has 0 radical (unpaired) electrons. The number of hydrogen-bond donors (Lipinski definition) is 0. The van der Waals surface area contributed by atoms with Gasteiger partial charge in [-0.1, -0.05) is 129 Å². The van der Waals surface area contributed by atoms with Crippen molar-refractivity contribution in [1.29, 1.82) is 0 Å². The first-order valence-electron chi connectivity index (χ1n) is 19.1. The molecule has 0 spiro atoms. The van der Waals surface area contributed by atoms with Crippen LogP contribution < -0.4 is 5.59 Å². The van der Waals surface area contributed by atoms with Crippen molar-refractivity contribution < 1.29 is 0 Å². The van der Waals surface area contributed by atoms with Crippen molar-refractivity contribution in [3.05, 3.63) is 181 Å². The number of aromatic nitrogens is 6. The second-order valence-corrected chi connectivity index (χ2v) is 15.8. The van der Waals surface area contributed by atoms with Gasteiger partial charge in [-0.05, 0) is 66.6 Å². The minimum absolute atomic E-state index is 0.607. The Balaban J connectivity index is 1.11. The van der Waals surface area contributed by atoms with Crippen molar-refractivity contribution >= 4 is 73.7 Å². The van der Waals surface area contributed by atoms with Crippen LogP contribution in [0.3, 0.4) is 0 Å². The van der Waals surface area contributed by atoms with Gasteiger partial charge in [0, 0.05) is 44.8 Å². The fourth-order valence-electron chi connectivity index (χ4n) is 7.29. The third-order valence-electron chi connectivity index (χ3n) is 10.1. The average Bonchev–Trinajstić information content (AvgIpc) is 3.98. The van der Waals surface area contributed by atoms with E-state index in [-0.39, 0.29) is 0 Å². The zero-order chi connectivity index (χ0) is 39.6. The topological polar surface area (TPSA) is 69.4 Å². The second kappa shape index (κ2) is 16.0. The molecule has 4 aromatic heterocycles. The lowest BCUT2D eigenvalue weighted by Crippen LogP contribution is -2.24. The van der Waals surface area contributed by atoms with E-state index in [2.05, 4.69) is 104 Å². The highest BCUT2D eigenvalue weighted by atomic mass is 32.1. The molecule has 0 amide bonds. The number of fused-ring (bicyclic) bond motifs is 2. The van der Waals surface area contributed by atoms with Crippen LogP contribution in [-0.2, 0) is 0 Å². The van der Waals surface area contributed by atoms with Gasteiger partial charge in [-0.15, -0.1) is 22.7 Å². The molecule has 9 rings (SSSR count).